The minimum Gasteiger partial charge on any atom is -0.371 e. The van der Waals surface area contributed by atoms with Gasteiger partial charge < -0.3 is 10.1 Å². The van der Waals surface area contributed by atoms with E-state index in [9.17, 15) is 13.6 Å². The van der Waals surface area contributed by atoms with Crippen LogP contribution in [0.25, 0.3) is 0 Å². The highest BCUT2D eigenvalue weighted by atomic mass is 19.2. The van der Waals surface area contributed by atoms with Crippen LogP contribution in [0.3, 0.4) is 0 Å². The van der Waals surface area contributed by atoms with Gasteiger partial charge in [-0.1, -0.05) is 6.07 Å². The van der Waals surface area contributed by atoms with Crippen molar-refractivity contribution in [2.24, 2.45) is 0 Å². The summed E-state index contributed by atoms with van der Waals surface area (Å²) in [6.07, 6.45) is 4.98. The summed E-state index contributed by atoms with van der Waals surface area (Å²) in [6, 6.07) is 5.40. The van der Waals surface area contributed by atoms with Crippen molar-refractivity contribution in [3.8, 4) is 0 Å². The van der Waals surface area contributed by atoms with Crippen molar-refractivity contribution in [3.63, 3.8) is 0 Å². The fourth-order valence-electron chi connectivity index (χ4n) is 3.41. The molecule has 0 unspecified atom stereocenters. The molecule has 1 saturated carbocycles. The van der Waals surface area contributed by atoms with Gasteiger partial charge in [-0.25, -0.2) is 8.78 Å². The lowest BCUT2D eigenvalue weighted by Crippen LogP contribution is -2.38. The van der Waals surface area contributed by atoms with E-state index in [1.807, 2.05) is 0 Å². The summed E-state index contributed by atoms with van der Waals surface area (Å²) in [4.78, 5) is 12.7. The van der Waals surface area contributed by atoms with Crippen molar-refractivity contribution in [2.75, 3.05) is 6.61 Å². The van der Waals surface area contributed by atoms with E-state index in [-0.39, 0.29) is 18.0 Å². The predicted molar refractivity (Wildman–Crippen MR) is 86.0 cm³/mol. The Hall–Kier alpha value is -2.28. The largest absolute Gasteiger partial charge is 0.371 e. The van der Waals surface area contributed by atoms with Crippen molar-refractivity contribution >= 4 is 5.91 Å². The first kappa shape index (κ1) is 16.2. The van der Waals surface area contributed by atoms with Crippen molar-refractivity contribution < 1.29 is 18.3 Å². The maximum Gasteiger partial charge on any atom is 0.269 e. The first-order valence-corrected chi connectivity index (χ1v) is 8.54. The van der Waals surface area contributed by atoms with E-state index in [0.29, 0.717) is 24.3 Å². The van der Waals surface area contributed by atoms with Gasteiger partial charge in [0.1, 0.15) is 11.8 Å². The highest BCUT2D eigenvalue weighted by Gasteiger charge is 2.33. The van der Waals surface area contributed by atoms with Crippen LogP contribution in [0, 0.1) is 11.6 Å². The normalized spacial score (nSPS) is 23.4. The van der Waals surface area contributed by atoms with Crippen molar-refractivity contribution in [1.82, 2.24) is 15.1 Å². The summed E-state index contributed by atoms with van der Waals surface area (Å²) in [7, 11) is 0. The van der Waals surface area contributed by atoms with E-state index in [1.165, 1.54) is 6.07 Å². The highest BCUT2D eigenvalue weighted by Crippen LogP contribution is 2.33. The van der Waals surface area contributed by atoms with Gasteiger partial charge >= 0.3 is 0 Å². The number of nitrogens with one attached hydrogen (secondary N) is 1. The molecule has 4 rings (SSSR count). The van der Waals surface area contributed by atoms with Gasteiger partial charge in [0.05, 0.1) is 12.1 Å². The summed E-state index contributed by atoms with van der Waals surface area (Å²) >= 11 is 0. The van der Waals surface area contributed by atoms with Crippen LogP contribution >= 0.6 is 0 Å². The molecule has 0 spiro atoms. The zero-order valence-electron chi connectivity index (χ0n) is 13.6. The van der Waals surface area contributed by atoms with Crippen LogP contribution in [0.15, 0.2) is 30.5 Å². The van der Waals surface area contributed by atoms with Crippen molar-refractivity contribution in [1.29, 1.82) is 0 Å². The summed E-state index contributed by atoms with van der Waals surface area (Å²) in [6.45, 7) is 0.455. The first-order chi connectivity index (χ1) is 12.1. The average molecular weight is 347 g/mol. The maximum absolute atomic E-state index is 13.5. The third-order valence-electron chi connectivity index (χ3n) is 5.00. The quantitative estimate of drug-likeness (QED) is 0.924. The van der Waals surface area contributed by atoms with Gasteiger partial charge in [-0.15, -0.1) is 0 Å². The molecule has 2 fully saturated rings. The molecule has 1 N–H and O–H groups in total. The van der Waals surface area contributed by atoms with Gasteiger partial charge in [0, 0.05) is 12.8 Å². The van der Waals surface area contributed by atoms with Gasteiger partial charge in [-0.3, -0.25) is 9.48 Å². The van der Waals surface area contributed by atoms with E-state index in [1.54, 1.807) is 16.9 Å². The molecule has 132 valence electrons. The summed E-state index contributed by atoms with van der Waals surface area (Å²) in [5.41, 5.74) is 1.05. The number of hydrogen-bond acceptors (Lipinski definition) is 3. The number of benzene rings is 1. The summed E-state index contributed by atoms with van der Waals surface area (Å²) in [5, 5.41) is 7.23. The van der Waals surface area contributed by atoms with Crippen LogP contribution in [0.5, 0.6) is 0 Å². The number of hydrogen-bond donors (Lipinski definition) is 1. The Labute approximate surface area is 144 Å². The number of amides is 1. The van der Waals surface area contributed by atoms with Gasteiger partial charge in [0.2, 0.25) is 0 Å². The van der Waals surface area contributed by atoms with Crippen LogP contribution in [-0.2, 0) is 4.74 Å². The zero-order chi connectivity index (χ0) is 17.4. The topological polar surface area (TPSA) is 56.1 Å². The van der Waals surface area contributed by atoms with E-state index in [4.69, 9.17) is 4.74 Å². The molecule has 7 heteroatoms. The van der Waals surface area contributed by atoms with E-state index in [0.717, 1.165) is 31.4 Å². The van der Waals surface area contributed by atoms with Gasteiger partial charge in [0.25, 0.3) is 5.91 Å². The molecule has 1 saturated heterocycles. The molecule has 2 aromatic rings. The molecule has 1 aromatic heterocycles. The van der Waals surface area contributed by atoms with Crippen LogP contribution in [-0.4, -0.2) is 28.3 Å². The van der Waals surface area contributed by atoms with Crippen LogP contribution in [0.4, 0.5) is 8.78 Å². The van der Waals surface area contributed by atoms with Crippen LogP contribution < -0.4 is 5.32 Å². The molecule has 1 amide bonds. The molecule has 25 heavy (non-hydrogen) atoms. The lowest BCUT2D eigenvalue weighted by atomic mass is 9.93. The Bertz CT molecular complexity index is 788. The Balaban J connectivity index is 1.50. The minimum atomic E-state index is -0.916. The van der Waals surface area contributed by atoms with Crippen molar-refractivity contribution in [2.45, 2.75) is 43.9 Å². The zero-order valence-corrected chi connectivity index (χ0v) is 13.6. The Morgan fingerprint density at radius 3 is 2.76 bits per heavy atom. The Morgan fingerprint density at radius 2 is 2.04 bits per heavy atom. The number of carbonyl (C=O) groups is 1. The number of rotatable bonds is 4. The standard InChI is InChI=1S/C18H19F2N3O2/c19-13-5-4-11(10-14(13)20)17-15(7-9-25-17)22-18(24)16-6-8-21-23(16)12-2-1-3-12/h4-6,8,10,12,15,17H,1-3,7,9H2,(H,22,24)/t15-,17+/m1/s1. The molecule has 2 aliphatic rings. The number of carbonyl (C=O) groups excluding carboxylic acids is 1. The Kier molecular flexibility index (Phi) is 4.25. The SMILES string of the molecule is O=C(N[C@@H]1CCO[C@H]1c1ccc(F)c(F)c1)c1ccnn1C1CCC1. The van der Waals surface area contributed by atoms with Crippen molar-refractivity contribution in [3.05, 3.63) is 53.4 Å². The monoisotopic (exact) mass is 347 g/mol. The second-order valence-corrected chi connectivity index (χ2v) is 6.58. The van der Waals surface area contributed by atoms with E-state index >= 15 is 0 Å². The van der Waals surface area contributed by atoms with Crippen LogP contribution in [0.1, 0.15) is 53.9 Å². The molecule has 1 aliphatic carbocycles. The third kappa shape index (κ3) is 3.04. The fourth-order valence-corrected chi connectivity index (χ4v) is 3.41. The fraction of sp³-hybridized carbons (Fsp3) is 0.444. The summed E-state index contributed by atoms with van der Waals surface area (Å²) < 4.78 is 34.1. The minimum absolute atomic E-state index is 0.215. The smallest absolute Gasteiger partial charge is 0.269 e. The maximum atomic E-state index is 13.5. The van der Waals surface area contributed by atoms with Gasteiger partial charge in [-0.05, 0) is 49.4 Å². The van der Waals surface area contributed by atoms with Crippen LogP contribution in [0.2, 0.25) is 0 Å². The number of nitrogens with zero attached hydrogens (tertiary/aromatic N) is 2. The Morgan fingerprint density at radius 1 is 1.20 bits per heavy atom. The lowest BCUT2D eigenvalue weighted by molar-refractivity contribution is 0.0807. The molecule has 5 nitrogen and oxygen atoms in total. The second-order valence-electron chi connectivity index (χ2n) is 6.58. The second kappa shape index (κ2) is 6.55. The van der Waals surface area contributed by atoms with Gasteiger partial charge in [-0.2, -0.15) is 5.10 Å². The number of aromatic nitrogens is 2. The summed E-state index contributed by atoms with van der Waals surface area (Å²) in [5.74, 6) is -2.03. The molecule has 0 bridgehead atoms. The molecule has 1 aromatic carbocycles. The highest BCUT2D eigenvalue weighted by molar-refractivity contribution is 5.92. The third-order valence-corrected chi connectivity index (χ3v) is 5.00. The van der Waals surface area contributed by atoms with E-state index < -0.39 is 17.7 Å². The van der Waals surface area contributed by atoms with E-state index in [2.05, 4.69) is 10.4 Å². The molecule has 0 radical (unpaired) electrons. The number of halogens is 2. The average Bonchev–Trinajstić information content (AvgIpc) is 3.18. The first-order valence-electron chi connectivity index (χ1n) is 8.54. The molecule has 1 aliphatic heterocycles. The lowest BCUT2D eigenvalue weighted by Gasteiger charge is -2.27. The molecule has 2 atom stereocenters. The predicted octanol–water partition coefficient (Wildman–Crippen LogP) is 3.15. The number of ether oxygens (including phenoxy) is 1. The molecule has 2 heterocycles. The van der Waals surface area contributed by atoms with Gasteiger partial charge in [0.15, 0.2) is 11.6 Å². The molecular weight excluding hydrogens is 328 g/mol. The molecular formula is C18H19F2N3O2.